The van der Waals surface area contributed by atoms with Gasteiger partial charge in [0.25, 0.3) is 0 Å². The van der Waals surface area contributed by atoms with Gasteiger partial charge < -0.3 is 10.1 Å². The summed E-state index contributed by atoms with van der Waals surface area (Å²) in [6, 6.07) is 7.04. The van der Waals surface area contributed by atoms with Crippen molar-refractivity contribution in [3.8, 4) is 5.75 Å². The third-order valence-corrected chi connectivity index (χ3v) is 4.62. The quantitative estimate of drug-likeness (QED) is 0.824. The maximum Gasteiger partial charge on any atom is 0.120 e. The molecule has 0 radical (unpaired) electrons. The van der Waals surface area contributed by atoms with Crippen LogP contribution in [0.2, 0.25) is 0 Å². The Morgan fingerprint density at radius 1 is 1.10 bits per heavy atom. The number of nitrogens with one attached hydrogen (secondary N) is 1. The van der Waals surface area contributed by atoms with Crippen molar-refractivity contribution in [2.24, 2.45) is 5.92 Å². The minimum absolute atomic E-state index is 0.316. The Hall–Kier alpha value is -1.02. The van der Waals surface area contributed by atoms with E-state index < -0.39 is 0 Å². The van der Waals surface area contributed by atoms with E-state index in [0.29, 0.717) is 12.1 Å². The van der Waals surface area contributed by atoms with E-state index in [1.807, 2.05) is 0 Å². The molecular formula is C19H31NO. The van der Waals surface area contributed by atoms with Crippen LogP contribution >= 0.6 is 0 Å². The fourth-order valence-electron chi connectivity index (χ4n) is 3.45. The molecule has 21 heavy (non-hydrogen) atoms. The molecule has 1 saturated carbocycles. The number of aryl methyl sites for hydroxylation is 2. The van der Waals surface area contributed by atoms with Gasteiger partial charge in [-0.25, -0.2) is 0 Å². The van der Waals surface area contributed by atoms with Crippen LogP contribution in [0.5, 0.6) is 5.75 Å². The standard InChI is InChI=1S/C19H31NO/c1-5-9-20-18-8-7-16(6-2)13-19(18)21-17-11-14(3)10-15(4)12-17/h10-12,16,18-20H,5-9,13H2,1-4H3. The molecule has 0 bridgehead atoms. The molecule has 118 valence electrons. The highest BCUT2D eigenvalue weighted by Gasteiger charge is 2.30. The molecule has 1 aliphatic rings. The van der Waals surface area contributed by atoms with Crippen LogP contribution in [0.4, 0.5) is 0 Å². The van der Waals surface area contributed by atoms with Crippen LogP contribution in [0.1, 0.15) is 57.1 Å². The molecule has 1 aromatic carbocycles. The van der Waals surface area contributed by atoms with Gasteiger partial charge in [0.2, 0.25) is 0 Å². The second-order valence-electron chi connectivity index (χ2n) is 6.63. The molecule has 0 saturated heterocycles. The fourth-order valence-corrected chi connectivity index (χ4v) is 3.45. The van der Waals surface area contributed by atoms with E-state index >= 15 is 0 Å². The van der Waals surface area contributed by atoms with Crippen molar-refractivity contribution in [1.82, 2.24) is 5.32 Å². The van der Waals surface area contributed by atoms with Crippen molar-refractivity contribution in [2.75, 3.05) is 6.54 Å². The summed E-state index contributed by atoms with van der Waals surface area (Å²) in [4.78, 5) is 0. The maximum atomic E-state index is 6.40. The first kappa shape index (κ1) is 16.4. The number of hydrogen-bond donors (Lipinski definition) is 1. The summed E-state index contributed by atoms with van der Waals surface area (Å²) in [6.45, 7) is 9.90. The molecule has 1 aliphatic carbocycles. The highest BCUT2D eigenvalue weighted by molar-refractivity contribution is 5.33. The average Bonchev–Trinajstić information content (AvgIpc) is 2.44. The predicted octanol–water partition coefficient (Wildman–Crippen LogP) is 4.63. The molecule has 1 fully saturated rings. The van der Waals surface area contributed by atoms with Crippen LogP contribution in [0.15, 0.2) is 18.2 Å². The Labute approximate surface area is 130 Å². The second-order valence-corrected chi connectivity index (χ2v) is 6.63. The summed E-state index contributed by atoms with van der Waals surface area (Å²) in [7, 11) is 0. The normalized spacial score (nSPS) is 25.8. The van der Waals surface area contributed by atoms with Crippen molar-refractivity contribution in [3.63, 3.8) is 0 Å². The molecular weight excluding hydrogens is 258 g/mol. The third kappa shape index (κ3) is 4.74. The van der Waals surface area contributed by atoms with Crippen LogP contribution in [0.25, 0.3) is 0 Å². The molecule has 3 atom stereocenters. The summed E-state index contributed by atoms with van der Waals surface area (Å²) >= 11 is 0. The molecule has 3 unspecified atom stereocenters. The topological polar surface area (TPSA) is 21.3 Å². The lowest BCUT2D eigenvalue weighted by atomic mass is 9.82. The molecule has 0 aromatic heterocycles. The van der Waals surface area contributed by atoms with Gasteiger partial charge in [-0.1, -0.05) is 26.3 Å². The highest BCUT2D eigenvalue weighted by Crippen LogP contribution is 2.30. The lowest BCUT2D eigenvalue weighted by Gasteiger charge is -2.36. The second kappa shape index (κ2) is 7.84. The van der Waals surface area contributed by atoms with Gasteiger partial charge in [0.1, 0.15) is 11.9 Å². The first-order valence-electron chi connectivity index (χ1n) is 8.60. The Kier molecular flexibility index (Phi) is 6.10. The lowest BCUT2D eigenvalue weighted by molar-refractivity contribution is 0.0848. The average molecular weight is 289 g/mol. The fraction of sp³-hybridized carbons (Fsp3) is 0.684. The third-order valence-electron chi connectivity index (χ3n) is 4.62. The summed E-state index contributed by atoms with van der Waals surface area (Å²) in [6.07, 6.45) is 6.54. The minimum Gasteiger partial charge on any atom is -0.489 e. The summed E-state index contributed by atoms with van der Waals surface area (Å²) < 4.78 is 6.40. The van der Waals surface area contributed by atoms with Gasteiger partial charge in [-0.2, -0.15) is 0 Å². The van der Waals surface area contributed by atoms with Crippen LogP contribution < -0.4 is 10.1 Å². The summed E-state index contributed by atoms with van der Waals surface area (Å²) in [5.41, 5.74) is 2.57. The van der Waals surface area contributed by atoms with Crippen molar-refractivity contribution >= 4 is 0 Å². The largest absolute Gasteiger partial charge is 0.489 e. The Morgan fingerprint density at radius 2 is 1.81 bits per heavy atom. The smallest absolute Gasteiger partial charge is 0.120 e. The molecule has 0 spiro atoms. The molecule has 0 amide bonds. The van der Waals surface area contributed by atoms with Gasteiger partial charge in [-0.15, -0.1) is 0 Å². The Balaban J connectivity index is 2.07. The van der Waals surface area contributed by atoms with Gasteiger partial charge >= 0.3 is 0 Å². The Bertz CT molecular complexity index is 423. The van der Waals surface area contributed by atoms with E-state index in [1.165, 1.54) is 43.2 Å². The summed E-state index contributed by atoms with van der Waals surface area (Å²) in [5.74, 6) is 1.86. The van der Waals surface area contributed by atoms with Crippen molar-refractivity contribution in [2.45, 2.75) is 71.9 Å². The van der Waals surface area contributed by atoms with Crippen molar-refractivity contribution in [1.29, 1.82) is 0 Å². The molecule has 0 aliphatic heterocycles. The van der Waals surface area contributed by atoms with E-state index in [1.54, 1.807) is 0 Å². The zero-order valence-electron chi connectivity index (χ0n) is 14.1. The number of benzene rings is 1. The van der Waals surface area contributed by atoms with Crippen LogP contribution in [-0.4, -0.2) is 18.7 Å². The molecule has 2 rings (SSSR count). The monoisotopic (exact) mass is 289 g/mol. The van der Waals surface area contributed by atoms with Gasteiger partial charge in [0.15, 0.2) is 0 Å². The first-order chi connectivity index (χ1) is 10.1. The number of rotatable bonds is 6. The van der Waals surface area contributed by atoms with E-state index in [4.69, 9.17) is 4.74 Å². The maximum absolute atomic E-state index is 6.40. The van der Waals surface area contributed by atoms with Crippen molar-refractivity contribution in [3.05, 3.63) is 29.3 Å². The Morgan fingerprint density at radius 3 is 2.43 bits per heavy atom. The molecule has 2 nitrogen and oxygen atoms in total. The SMILES string of the molecule is CCCNC1CCC(CC)CC1Oc1cc(C)cc(C)c1. The highest BCUT2D eigenvalue weighted by atomic mass is 16.5. The van der Waals surface area contributed by atoms with E-state index in [9.17, 15) is 0 Å². The number of ether oxygens (including phenoxy) is 1. The number of hydrogen-bond acceptors (Lipinski definition) is 2. The molecule has 2 heteroatoms. The van der Waals surface area contributed by atoms with Crippen LogP contribution in [-0.2, 0) is 0 Å². The van der Waals surface area contributed by atoms with E-state index in [-0.39, 0.29) is 0 Å². The molecule has 1 N–H and O–H groups in total. The lowest BCUT2D eigenvalue weighted by Crippen LogP contribution is -2.47. The molecule has 1 aromatic rings. The van der Waals surface area contributed by atoms with E-state index in [0.717, 1.165) is 18.2 Å². The van der Waals surface area contributed by atoms with E-state index in [2.05, 4.69) is 51.2 Å². The minimum atomic E-state index is 0.316. The van der Waals surface area contributed by atoms with Crippen LogP contribution in [0, 0.1) is 19.8 Å². The van der Waals surface area contributed by atoms with Gasteiger partial charge in [-0.05, 0) is 75.3 Å². The van der Waals surface area contributed by atoms with Gasteiger partial charge in [0, 0.05) is 6.04 Å². The predicted molar refractivity (Wildman–Crippen MR) is 90.0 cm³/mol. The van der Waals surface area contributed by atoms with Crippen LogP contribution in [0.3, 0.4) is 0 Å². The van der Waals surface area contributed by atoms with Crippen molar-refractivity contribution < 1.29 is 4.74 Å². The van der Waals surface area contributed by atoms with Gasteiger partial charge in [0.05, 0.1) is 0 Å². The summed E-state index contributed by atoms with van der Waals surface area (Å²) in [5, 5.41) is 3.69. The zero-order chi connectivity index (χ0) is 15.2. The first-order valence-corrected chi connectivity index (χ1v) is 8.60. The van der Waals surface area contributed by atoms with Gasteiger partial charge in [-0.3, -0.25) is 0 Å². The molecule has 0 heterocycles. The zero-order valence-corrected chi connectivity index (χ0v) is 14.1.